The molecule has 5 heteroatoms. The van der Waals surface area contributed by atoms with Gasteiger partial charge in [-0.25, -0.2) is 4.68 Å². The van der Waals surface area contributed by atoms with E-state index in [4.69, 9.17) is 11.6 Å². The Morgan fingerprint density at radius 3 is 2.52 bits per heavy atom. The van der Waals surface area contributed by atoms with Crippen LogP contribution in [0.5, 0.6) is 0 Å². The minimum atomic E-state index is -0.0386. The Morgan fingerprint density at radius 1 is 1.29 bits per heavy atom. The van der Waals surface area contributed by atoms with Crippen molar-refractivity contribution < 1.29 is 0 Å². The van der Waals surface area contributed by atoms with Crippen molar-refractivity contribution in [3.8, 4) is 11.3 Å². The number of nitrogens with zero attached hydrogens (tertiary/aromatic N) is 2. The van der Waals surface area contributed by atoms with E-state index in [1.54, 1.807) is 0 Å². The minimum absolute atomic E-state index is 0.0386. The average Bonchev–Trinajstić information content (AvgIpc) is 2.47. The lowest BCUT2D eigenvalue weighted by molar-refractivity contribution is 0.564. The van der Waals surface area contributed by atoms with Gasteiger partial charge in [0.25, 0.3) is 5.56 Å². The molecule has 0 saturated heterocycles. The quantitative estimate of drug-likeness (QED) is 0.923. The molecule has 0 atom stereocenters. The Balaban J connectivity index is 2.44. The van der Waals surface area contributed by atoms with Crippen LogP contribution in [0.3, 0.4) is 0 Å². The van der Waals surface area contributed by atoms with E-state index >= 15 is 0 Å². The number of aryl methyl sites for hydroxylation is 1. The summed E-state index contributed by atoms with van der Waals surface area (Å²) in [7, 11) is 0. The molecule has 112 valence electrons. The lowest BCUT2D eigenvalue weighted by Crippen LogP contribution is -2.31. The third-order valence-electron chi connectivity index (χ3n) is 3.19. The molecule has 0 saturated carbocycles. The van der Waals surface area contributed by atoms with Gasteiger partial charge in [0, 0.05) is 35.3 Å². The maximum atomic E-state index is 12.3. The summed E-state index contributed by atoms with van der Waals surface area (Å²) in [6.45, 7) is 7.12. The number of aromatic nitrogens is 2. The number of nitrogens with one attached hydrogen (secondary N) is 1. The topological polar surface area (TPSA) is 46.9 Å². The van der Waals surface area contributed by atoms with Gasteiger partial charge in [-0.1, -0.05) is 37.6 Å². The molecule has 1 aromatic heterocycles. The van der Waals surface area contributed by atoms with Crippen LogP contribution in [0, 0.1) is 0 Å². The monoisotopic (exact) mass is 305 g/mol. The second-order valence-electron chi connectivity index (χ2n) is 5.22. The molecule has 0 aliphatic carbocycles. The van der Waals surface area contributed by atoms with Crippen LogP contribution in [0.2, 0.25) is 5.02 Å². The Hall–Kier alpha value is -1.65. The standard InChI is InChI=1S/C16H20ClN3O/c1-4-20-16(21)13(10-18-11(2)3)9-15(19-20)12-5-7-14(17)8-6-12/h5-9,11,18H,4,10H2,1-3H3. The highest BCUT2D eigenvalue weighted by Crippen LogP contribution is 2.19. The lowest BCUT2D eigenvalue weighted by atomic mass is 10.1. The van der Waals surface area contributed by atoms with Crippen LogP contribution in [0.4, 0.5) is 0 Å². The van der Waals surface area contributed by atoms with Crippen molar-refractivity contribution in [1.29, 1.82) is 0 Å². The summed E-state index contributed by atoms with van der Waals surface area (Å²) in [5.74, 6) is 0. The van der Waals surface area contributed by atoms with Crippen molar-refractivity contribution in [3.05, 3.63) is 51.3 Å². The molecule has 0 amide bonds. The van der Waals surface area contributed by atoms with E-state index in [2.05, 4.69) is 24.3 Å². The van der Waals surface area contributed by atoms with Crippen LogP contribution >= 0.6 is 11.6 Å². The Morgan fingerprint density at radius 2 is 1.95 bits per heavy atom. The second kappa shape index (κ2) is 6.87. The number of benzene rings is 1. The molecule has 0 aliphatic rings. The van der Waals surface area contributed by atoms with Gasteiger partial charge >= 0.3 is 0 Å². The van der Waals surface area contributed by atoms with Gasteiger partial charge in [-0.3, -0.25) is 4.79 Å². The molecule has 0 unspecified atom stereocenters. The van der Waals surface area contributed by atoms with Crippen molar-refractivity contribution in [2.75, 3.05) is 0 Å². The van der Waals surface area contributed by atoms with Crippen LogP contribution in [0.1, 0.15) is 26.3 Å². The fraction of sp³-hybridized carbons (Fsp3) is 0.375. The first-order chi connectivity index (χ1) is 10.0. The first kappa shape index (κ1) is 15.7. The molecule has 0 fully saturated rings. The minimum Gasteiger partial charge on any atom is -0.310 e. The van der Waals surface area contributed by atoms with E-state index in [-0.39, 0.29) is 5.56 Å². The fourth-order valence-electron chi connectivity index (χ4n) is 2.01. The highest BCUT2D eigenvalue weighted by atomic mass is 35.5. The Labute approximate surface area is 129 Å². The van der Waals surface area contributed by atoms with Gasteiger partial charge in [0.2, 0.25) is 0 Å². The number of hydrogen-bond acceptors (Lipinski definition) is 3. The van der Waals surface area contributed by atoms with E-state index in [1.807, 2.05) is 37.3 Å². The average molecular weight is 306 g/mol. The molecule has 0 spiro atoms. The molecule has 2 aromatic rings. The third-order valence-corrected chi connectivity index (χ3v) is 3.44. The van der Waals surface area contributed by atoms with Crippen LogP contribution in [-0.4, -0.2) is 15.8 Å². The molecule has 1 aromatic carbocycles. The largest absolute Gasteiger partial charge is 0.310 e. The first-order valence-electron chi connectivity index (χ1n) is 7.11. The predicted octanol–water partition coefficient (Wildman–Crippen LogP) is 3.08. The molecule has 0 aliphatic heterocycles. The summed E-state index contributed by atoms with van der Waals surface area (Å²) in [6, 6.07) is 9.65. The van der Waals surface area contributed by atoms with Crippen molar-refractivity contribution in [2.24, 2.45) is 0 Å². The normalized spacial score (nSPS) is 11.1. The van der Waals surface area contributed by atoms with Gasteiger partial charge in [0.15, 0.2) is 0 Å². The number of hydrogen-bond donors (Lipinski definition) is 1. The SMILES string of the molecule is CCn1nc(-c2ccc(Cl)cc2)cc(CNC(C)C)c1=O. The molecule has 1 heterocycles. The zero-order valence-electron chi connectivity index (χ0n) is 12.6. The molecule has 4 nitrogen and oxygen atoms in total. The second-order valence-corrected chi connectivity index (χ2v) is 5.65. The zero-order valence-corrected chi connectivity index (χ0v) is 13.3. The summed E-state index contributed by atoms with van der Waals surface area (Å²) in [6.07, 6.45) is 0. The third kappa shape index (κ3) is 3.93. The summed E-state index contributed by atoms with van der Waals surface area (Å²) in [4.78, 5) is 12.3. The molecule has 2 rings (SSSR count). The van der Waals surface area contributed by atoms with Gasteiger partial charge in [0.1, 0.15) is 0 Å². The van der Waals surface area contributed by atoms with Crippen LogP contribution in [-0.2, 0) is 13.1 Å². The molecule has 0 bridgehead atoms. The van der Waals surface area contributed by atoms with E-state index in [9.17, 15) is 4.79 Å². The predicted molar refractivity (Wildman–Crippen MR) is 86.6 cm³/mol. The van der Waals surface area contributed by atoms with Crippen molar-refractivity contribution in [1.82, 2.24) is 15.1 Å². The van der Waals surface area contributed by atoms with Gasteiger partial charge in [-0.2, -0.15) is 5.10 Å². The van der Waals surface area contributed by atoms with Crippen molar-refractivity contribution >= 4 is 11.6 Å². The maximum absolute atomic E-state index is 12.3. The van der Waals surface area contributed by atoms with Gasteiger partial charge < -0.3 is 5.32 Å². The molecular formula is C16H20ClN3O. The molecule has 1 N–H and O–H groups in total. The van der Waals surface area contributed by atoms with Gasteiger partial charge in [-0.05, 0) is 25.1 Å². The maximum Gasteiger partial charge on any atom is 0.271 e. The summed E-state index contributed by atoms with van der Waals surface area (Å²) >= 11 is 5.91. The Bertz CT molecular complexity index is 662. The summed E-state index contributed by atoms with van der Waals surface area (Å²) in [5, 5.41) is 8.38. The van der Waals surface area contributed by atoms with Gasteiger partial charge in [0.05, 0.1) is 5.69 Å². The highest BCUT2D eigenvalue weighted by Gasteiger charge is 2.09. The number of rotatable bonds is 5. The summed E-state index contributed by atoms with van der Waals surface area (Å²) < 4.78 is 1.50. The molecular weight excluding hydrogens is 286 g/mol. The van der Waals surface area contributed by atoms with Gasteiger partial charge in [-0.15, -0.1) is 0 Å². The smallest absolute Gasteiger partial charge is 0.271 e. The lowest BCUT2D eigenvalue weighted by Gasteiger charge is -2.11. The van der Waals surface area contributed by atoms with E-state index in [1.165, 1.54) is 4.68 Å². The van der Waals surface area contributed by atoms with E-state index in [0.29, 0.717) is 24.2 Å². The Kier molecular flexibility index (Phi) is 5.15. The van der Waals surface area contributed by atoms with E-state index < -0.39 is 0 Å². The first-order valence-corrected chi connectivity index (χ1v) is 7.49. The van der Waals surface area contributed by atoms with Crippen LogP contribution in [0.15, 0.2) is 35.1 Å². The summed E-state index contributed by atoms with van der Waals surface area (Å²) in [5.41, 5.74) is 2.43. The number of halogens is 1. The van der Waals surface area contributed by atoms with Crippen LogP contribution < -0.4 is 10.9 Å². The van der Waals surface area contributed by atoms with Crippen molar-refractivity contribution in [2.45, 2.75) is 39.9 Å². The molecule has 0 radical (unpaired) electrons. The van der Waals surface area contributed by atoms with Crippen molar-refractivity contribution in [3.63, 3.8) is 0 Å². The van der Waals surface area contributed by atoms with Crippen LogP contribution in [0.25, 0.3) is 11.3 Å². The zero-order chi connectivity index (χ0) is 15.4. The fourth-order valence-corrected chi connectivity index (χ4v) is 2.14. The highest BCUT2D eigenvalue weighted by molar-refractivity contribution is 6.30. The molecule has 21 heavy (non-hydrogen) atoms. The van der Waals surface area contributed by atoms with E-state index in [0.717, 1.165) is 16.8 Å².